The van der Waals surface area contributed by atoms with Gasteiger partial charge in [0.1, 0.15) is 0 Å². The van der Waals surface area contributed by atoms with Crippen molar-refractivity contribution in [3.63, 3.8) is 0 Å². The summed E-state index contributed by atoms with van der Waals surface area (Å²) in [6.07, 6.45) is 0. The normalized spacial score (nSPS) is 11.7. The highest BCUT2D eigenvalue weighted by Crippen LogP contribution is 2.21. The Morgan fingerprint density at radius 1 is 1.00 bits per heavy atom. The van der Waals surface area contributed by atoms with Crippen LogP contribution in [0.3, 0.4) is 0 Å². The molecule has 2 rings (SSSR count). The van der Waals surface area contributed by atoms with Crippen LogP contribution in [0.25, 0.3) is 5.57 Å². The van der Waals surface area contributed by atoms with Gasteiger partial charge in [0.15, 0.2) is 0 Å². The molecule has 0 N–H and O–H groups in total. The van der Waals surface area contributed by atoms with E-state index in [1.807, 2.05) is 7.11 Å². The Kier molecular flexibility index (Phi) is 5.21. The lowest BCUT2D eigenvalue weighted by atomic mass is 10.00. The Bertz CT molecular complexity index is 657. The van der Waals surface area contributed by atoms with E-state index >= 15 is 0 Å². The van der Waals surface area contributed by atoms with Crippen LogP contribution < -0.4 is 10.4 Å². The Balaban J connectivity index is 2.32. The van der Waals surface area contributed by atoms with Crippen LogP contribution in [0.2, 0.25) is 26.2 Å². The van der Waals surface area contributed by atoms with Crippen LogP contribution in [0, 0.1) is 0 Å². The molecule has 2 aromatic carbocycles. The van der Waals surface area contributed by atoms with Gasteiger partial charge < -0.3 is 4.43 Å². The van der Waals surface area contributed by atoms with Crippen LogP contribution >= 0.6 is 0 Å². The standard InChI is InChI=1S/C19H26OSi2/c1-15(16-10-12-18(13-11-16)21(3)4)17-8-7-9-19(14-17)22(5,6)20-2/h7-14,21H,1H2,2-6H3. The minimum atomic E-state index is -1.79. The number of hydrogen-bond acceptors (Lipinski definition) is 1. The lowest BCUT2D eigenvalue weighted by Crippen LogP contribution is -2.43. The van der Waals surface area contributed by atoms with E-state index in [4.69, 9.17) is 4.43 Å². The van der Waals surface area contributed by atoms with E-state index in [2.05, 4.69) is 81.3 Å². The second-order valence-electron chi connectivity index (χ2n) is 6.55. The van der Waals surface area contributed by atoms with Crippen molar-refractivity contribution in [2.24, 2.45) is 0 Å². The maximum Gasteiger partial charge on any atom is 0.217 e. The molecule has 0 unspecified atom stereocenters. The largest absolute Gasteiger partial charge is 0.416 e. The molecule has 3 heteroatoms. The van der Waals surface area contributed by atoms with Crippen LogP contribution in [0.5, 0.6) is 0 Å². The van der Waals surface area contributed by atoms with Crippen molar-refractivity contribution in [3.05, 3.63) is 66.2 Å². The van der Waals surface area contributed by atoms with Gasteiger partial charge in [-0.1, -0.05) is 73.4 Å². The molecule has 0 bridgehead atoms. The maximum absolute atomic E-state index is 5.72. The molecule has 0 fully saturated rings. The van der Waals surface area contributed by atoms with E-state index in [-0.39, 0.29) is 0 Å². The highest BCUT2D eigenvalue weighted by atomic mass is 28.4. The summed E-state index contributed by atoms with van der Waals surface area (Å²) in [6.45, 7) is 13.4. The number of rotatable bonds is 5. The fourth-order valence-corrected chi connectivity index (χ4v) is 4.63. The lowest BCUT2D eigenvalue weighted by molar-refractivity contribution is 0.416. The van der Waals surface area contributed by atoms with E-state index in [1.165, 1.54) is 21.5 Å². The highest BCUT2D eigenvalue weighted by Gasteiger charge is 2.23. The second kappa shape index (κ2) is 6.77. The lowest BCUT2D eigenvalue weighted by Gasteiger charge is -2.21. The van der Waals surface area contributed by atoms with Crippen LogP contribution in [0.4, 0.5) is 0 Å². The summed E-state index contributed by atoms with van der Waals surface area (Å²) in [5, 5.41) is 2.80. The predicted octanol–water partition coefficient (Wildman–Crippen LogP) is 3.50. The topological polar surface area (TPSA) is 9.23 Å². The summed E-state index contributed by atoms with van der Waals surface area (Å²) < 4.78 is 5.72. The molecular formula is C19H26OSi2. The molecular weight excluding hydrogens is 300 g/mol. The molecule has 0 aliphatic heterocycles. The van der Waals surface area contributed by atoms with Gasteiger partial charge in [0.2, 0.25) is 8.32 Å². The SMILES string of the molecule is C=C(c1ccc([SiH](C)C)cc1)c1cccc([Si](C)(C)OC)c1. The highest BCUT2D eigenvalue weighted by molar-refractivity contribution is 6.84. The average Bonchev–Trinajstić information content (AvgIpc) is 2.54. The van der Waals surface area contributed by atoms with E-state index in [0.29, 0.717) is 0 Å². The molecule has 0 spiro atoms. The minimum absolute atomic E-state index is 0.731. The van der Waals surface area contributed by atoms with Gasteiger partial charge in [-0.25, -0.2) is 0 Å². The Hall–Kier alpha value is -1.43. The van der Waals surface area contributed by atoms with Crippen molar-refractivity contribution in [1.29, 1.82) is 0 Å². The quantitative estimate of drug-likeness (QED) is 0.764. The first-order chi connectivity index (χ1) is 10.3. The van der Waals surface area contributed by atoms with E-state index < -0.39 is 17.1 Å². The Morgan fingerprint density at radius 2 is 1.64 bits per heavy atom. The molecule has 0 amide bonds. The van der Waals surface area contributed by atoms with Crippen molar-refractivity contribution in [2.75, 3.05) is 7.11 Å². The first-order valence-corrected chi connectivity index (χ1v) is 13.6. The molecule has 0 heterocycles. The van der Waals surface area contributed by atoms with Crippen LogP contribution in [0.1, 0.15) is 11.1 Å². The van der Waals surface area contributed by atoms with Crippen LogP contribution in [0.15, 0.2) is 55.1 Å². The van der Waals surface area contributed by atoms with E-state index in [9.17, 15) is 0 Å². The molecule has 22 heavy (non-hydrogen) atoms. The first-order valence-electron chi connectivity index (χ1n) is 7.80. The van der Waals surface area contributed by atoms with Gasteiger partial charge >= 0.3 is 0 Å². The van der Waals surface area contributed by atoms with Crippen molar-refractivity contribution < 1.29 is 4.43 Å². The average molecular weight is 327 g/mol. The second-order valence-corrected chi connectivity index (χ2v) is 13.5. The molecule has 0 aliphatic rings. The predicted molar refractivity (Wildman–Crippen MR) is 104 cm³/mol. The molecule has 0 aromatic heterocycles. The molecule has 0 atom stereocenters. The molecule has 116 valence electrons. The summed E-state index contributed by atoms with van der Waals surface area (Å²) in [7, 11) is -0.714. The van der Waals surface area contributed by atoms with Gasteiger partial charge in [0.25, 0.3) is 0 Å². The third kappa shape index (κ3) is 3.66. The number of benzene rings is 2. The minimum Gasteiger partial charge on any atom is -0.416 e. The Morgan fingerprint density at radius 3 is 2.18 bits per heavy atom. The van der Waals surface area contributed by atoms with Gasteiger partial charge in [-0.2, -0.15) is 0 Å². The maximum atomic E-state index is 5.72. The fourth-order valence-electron chi connectivity index (χ4n) is 2.44. The fraction of sp³-hybridized carbons (Fsp3) is 0.263. The number of hydrogen-bond donors (Lipinski definition) is 0. The van der Waals surface area contributed by atoms with Crippen molar-refractivity contribution in [2.45, 2.75) is 26.2 Å². The third-order valence-corrected chi connectivity index (χ3v) is 8.78. The van der Waals surface area contributed by atoms with Gasteiger partial charge in [0, 0.05) is 7.11 Å². The van der Waals surface area contributed by atoms with E-state index in [1.54, 1.807) is 0 Å². The summed E-state index contributed by atoms with van der Waals surface area (Å²) in [4.78, 5) is 0. The monoisotopic (exact) mass is 326 g/mol. The smallest absolute Gasteiger partial charge is 0.217 e. The summed E-state index contributed by atoms with van der Waals surface area (Å²) in [5.74, 6) is 0. The zero-order chi connectivity index (χ0) is 16.3. The van der Waals surface area contributed by atoms with Crippen molar-refractivity contribution in [3.8, 4) is 0 Å². The molecule has 0 saturated heterocycles. The zero-order valence-electron chi connectivity index (χ0n) is 14.3. The molecule has 0 aliphatic carbocycles. The third-order valence-electron chi connectivity index (χ3n) is 4.34. The Labute approximate surface area is 137 Å². The van der Waals surface area contributed by atoms with Crippen molar-refractivity contribution >= 4 is 33.1 Å². The zero-order valence-corrected chi connectivity index (χ0v) is 16.5. The van der Waals surface area contributed by atoms with Crippen LogP contribution in [-0.4, -0.2) is 24.2 Å². The summed E-state index contributed by atoms with van der Waals surface area (Å²) in [6, 6.07) is 17.6. The van der Waals surface area contributed by atoms with Gasteiger partial charge in [0.05, 0.1) is 8.80 Å². The van der Waals surface area contributed by atoms with Gasteiger partial charge in [-0.05, 0) is 35.0 Å². The van der Waals surface area contributed by atoms with Crippen LogP contribution in [-0.2, 0) is 4.43 Å². The summed E-state index contributed by atoms with van der Waals surface area (Å²) in [5.41, 5.74) is 3.47. The molecule has 1 nitrogen and oxygen atoms in total. The van der Waals surface area contributed by atoms with Gasteiger partial charge in [-0.15, -0.1) is 0 Å². The summed E-state index contributed by atoms with van der Waals surface area (Å²) >= 11 is 0. The molecule has 2 aromatic rings. The first kappa shape index (κ1) is 16.9. The van der Waals surface area contributed by atoms with Gasteiger partial charge in [-0.3, -0.25) is 0 Å². The van der Waals surface area contributed by atoms with Crippen molar-refractivity contribution in [1.82, 2.24) is 0 Å². The molecule has 0 radical (unpaired) electrons. The van der Waals surface area contributed by atoms with E-state index in [0.717, 1.165) is 5.57 Å². The molecule has 0 saturated carbocycles.